The zero-order valence-electron chi connectivity index (χ0n) is 41.4. The Balaban J connectivity index is 0.000000206. The molecule has 0 bridgehead atoms. The maximum absolute atomic E-state index is 11.6. The molecule has 72 heavy (non-hydrogen) atoms. The van der Waals surface area contributed by atoms with Crippen molar-refractivity contribution in [1.82, 2.24) is 10.2 Å². The molecule has 2 N–H and O–H groups in total. The van der Waals surface area contributed by atoms with Crippen molar-refractivity contribution in [1.29, 1.82) is 0 Å². The summed E-state index contributed by atoms with van der Waals surface area (Å²) >= 11 is 10.7. The maximum atomic E-state index is 11.6. The highest BCUT2D eigenvalue weighted by atomic mass is 32.1. The molecule has 1 fully saturated rings. The summed E-state index contributed by atoms with van der Waals surface area (Å²) in [6, 6.07) is 25.6. The van der Waals surface area contributed by atoms with E-state index in [1.54, 1.807) is 76.6 Å². The van der Waals surface area contributed by atoms with Crippen LogP contribution in [0.3, 0.4) is 0 Å². The number of ether oxygens (including phenoxy) is 3. The molecule has 0 aromatic carbocycles. The minimum Gasteiger partial charge on any atom is -0.447 e. The standard InChI is InChI=1S/C18H13NO2S3.C14H12OS3.C6H10N2O4.C6H14.C5H5NO.C4H8O/c20-17-7-8-18(21)19(17)10-9-12-3-4-15(23-12)16-6-5-14(24-16)13-2-1-11-22-13;15-8-7-10-3-4-13(17-10)14-6-5-12(18-14)11-2-1-9-16-11;1-3-11-5(9)7-8-6(10)12-4-2;1-5-6(2,3)4;1-4-2-3-5(7)6-4;1-2-4-5-3-1/h1-8,11H,9-10H2;1-6,9,15H,7-8H2;3-4H2,1-2H3;5H2,1-4H3;2-3H,1H2,(H,6,7);1-4H2. The Morgan fingerprint density at radius 3 is 1.42 bits per heavy atom. The van der Waals surface area contributed by atoms with Crippen LogP contribution < -0.4 is 5.32 Å². The van der Waals surface area contributed by atoms with Gasteiger partial charge in [-0.3, -0.25) is 19.3 Å². The molecule has 384 valence electrons. The Morgan fingerprint density at radius 1 is 0.653 bits per heavy atom. The number of imide groups is 1. The third-order valence-electron chi connectivity index (χ3n) is 9.75. The van der Waals surface area contributed by atoms with Gasteiger partial charge in [0, 0.05) is 105 Å². The van der Waals surface area contributed by atoms with Crippen LogP contribution in [0.2, 0.25) is 0 Å². The Hall–Kier alpha value is -5.51. The van der Waals surface area contributed by atoms with E-state index >= 15 is 0 Å². The Kier molecular flexibility index (Phi) is 26.1. The number of rotatable bonds is 11. The van der Waals surface area contributed by atoms with Crippen LogP contribution in [-0.2, 0) is 41.4 Å². The van der Waals surface area contributed by atoms with Crippen molar-refractivity contribution in [2.75, 3.05) is 39.6 Å². The molecule has 13 nitrogen and oxygen atoms in total. The molecular weight excluding hydrogens is 1030 g/mol. The molecule has 0 radical (unpaired) electrons. The second-order valence-electron chi connectivity index (χ2n) is 16.4. The monoisotopic (exact) mass is 1090 g/mol. The van der Waals surface area contributed by atoms with E-state index in [-0.39, 0.29) is 37.5 Å². The number of azo groups is 1. The number of thiophene rings is 6. The summed E-state index contributed by atoms with van der Waals surface area (Å²) in [5.74, 6) is -0.503. The van der Waals surface area contributed by atoms with Crippen molar-refractivity contribution < 1.29 is 43.3 Å². The van der Waals surface area contributed by atoms with Gasteiger partial charge in [0.05, 0.1) is 13.2 Å². The quantitative estimate of drug-likeness (QED) is 0.0945. The summed E-state index contributed by atoms with van der Waals surface area (Å²) < 4.78 is 13.7. The van der Waals surface area contributed by atoms with E-state index in [0.29, 0.717) is 24.1 Å². The molecule has 5 amide bonds. The van der Waals surface area contributed by atoms with Crippen LogP contribution in [0.1, 0.15) is 70.6 Å². The largest absolute Gasteiger partial charge is 0.452 e. The fourth-order valence-electron chi connectivity index (χ4n) is 5.63. The van der Waals surface area contributed by atoms with Gasteiger partial charge in [-0.25, -0.2) is 9.59 Å². The van der Waals surface area contributed by atoms with Gasteiger partial charge in [0.1, 0.15) is 0 Å². The van der Waals surface area contributed by atoms with Crippen LogP contribution in [0.15, 0.2) is 130 Å². The number of aliphatic hydroxyl groups excluding tert-OH is 1. The molecule has 0 atom stereocenters. The molecular formula is C53H62N4O9S6. The molecule has 9 heterocycles. The lowest BCUT2D eigenvalue weighted by molar-refractivity contribution is -0.136. The number of aliphatic hydroxyl groups is 1. The zero-order chi connectivity index (χ0) is 52.3. The van der Waals surface area contributed by atoms with Gasteiger partial charge in [-0.1, -0.05) is 63.1 Å². The lowest BCUT2D eigenvalue weighted by Crippen LogP contribution is -2.31. The minimum atomic E-state index is -0.898. The molecule has 0 unspecified atom stereocenters. The molecule has 0 spiro atoms. The second kappa shape index (κ2) is 31.8. The topological polar surface area (TPSA) is 173 Å². The van der Waals surface area contributed by atoms with Crippen molar-refractivity contribution in [2.45, 2.75) is 73.6 Å². The smallest absolute Gasteiger partial charge is 0.447 e. The van der Waals surface area contributed by atoms with Crippen LogP contribution in [0.5, 0.6) is 0 Å². The van der Waals surface area contributed by atoms with E-state index in [1.165, 1.54) is 91.2 Å². The fraction of sp³-hybridized carbons (Fsp3) is 0.340. The third kappa shape index (κ3) is 21.7. The molecule has 0 aliphatic carbocycles. The zero-order valence-corrected chi connectivity index (χ0v) is 46.3. The lowest BCUT2D eigenvalue weighted by atomic mass is 9.94. The predicted molar refractivity (Wildman–Crippen MR) is 297 cm³/mol. The van der Waals surface area contributed by atoms with E-state index in [4.69, 9.17) is 9.84 Å². The van der Waals surface area contributed by atoms with Crippen molar-refractivity contribution >= 4 is 97.9 Å². The number of hydrogen-bond acceptors (Lipinski definition) is 15. The first kappa shape index (κ1) is 59.1. The maximum Gasteiger partial charge on any atom is 0.452 e. The van der Waals surface area contributed by atoms with Crippen LogP contribution in [-0.4, -0.2) is 79.5 Å². The normalized spacial score (nSPS) is 13.5. The number of amides is 5. The van der Waals surface area contributed by atoms with E-state index in [9.17, 15) is 24.0 Å². The lowest BCUT2D eigenvalue weighted by Gasteiger charge is -2.12. The van der Waals surface area contributed by atoms with Crippen molar-refractivity contribution in [2.24, 2.45) is 15.6 Å². The van der Waals surface area contributed by atoms with Gasteiger partial charge in [-0.2, -0.15) is 0 Å². The van der Waals surface area contributed by atoms with Gasteiger partial charge < -0.3 is 24.6 Å². The van der Waals surface area contributed by atoms with Crippen LogP contribution in [0, 0.1) is 5.41 Å². The second-order valence-corrected chi connectivity index (χ2v) is 22.8. The highest BCUT2D eigenvalue weighted by Gasteiger charge is 2.23. The van der Waals surface area contributed by atoms with Gasteiger partial charge in [0.15, 0.2) is 0 Å². The first-order valence-corrected chi connectivity index (χ1v) is 28.3. The van der Waals surface area contributed by atoms with Crippen LogP contribution >= 0.6 is 68.0 Å². The van der Waals surface area contributed by atoms with E-state index in [1.807, 2.05) is 11.3 Å². The Bertz CT molecular complexity index is 2630. The highest BCUT2D eigenvalue weighted by molar-refractivity contribution is 7.27. The number of hydrogen-bond donors (Lipinski definition) is 2. The molecule has 9 rings (SSSR count). The van der Waals surface area contributed by atoms with Crippen molar-refractivity contribution in [3.63, 3.8) is 0 Å². The number of nitrogens with zero attached hydrogens (tertiary/aromatic N) is 3. The molecule has 3 aliphatic heterocycles. The number of allylic oxidation sites excluding steroid dienone is 1. The first-order chi connectivity index (χ1) is 34.6. The number of nitrogens with one attached hydrogen (secondary N) is 1. The summed E-state index contributed by atoms with van der Waals surface area (Å²) in [7, 11) is 0. The molecule has 0 saturated carbocycles. The van der Waals surface area contributed by atoms with E-state index < -0.39 is 12.2 Å². The van der Waals surface area contributed by atoms with Crippen molar-refractivity contribution in [3.8, 4) is 39.0 Å². The highest BCUT2D eigenvalue weighted by Crippen LogP contribution is 2.40. The molecule has 19 heteroatoms. The molecule has 1 saturated heterocycles. The van der Waals surface area contributed by atoms with Crippen LogP contribution in [0.25, 0.3) is 39.0 Å². The first-order valence-electron chi connectivity index (χ1n) is 23.2. The van der Waals surface area contributed by atoms with Gasteiger partial charge in [0.2, 0.25) is 5.91 Å². The Labute approximate surface area is 446 Å². The van der Waals surface area contributed by atoms with Gasteiger partial charge in [0.25, 0.3) is 11.8 Å². The molecule has 6 aromatic heterocycles. The number of carbonyl (C=O) groups excluding carboxylic acids is 5. The summed E-state index contributed by atoms with van der Waals surface area (Å²) in [6.07, 6.45) is 9.24. The van der Waals surface area contributed by atoms with E-state index in [0.717, 1.165) is 19.6 Å². The average Bonchev–Trinajstić information content (AvgIpc) is 4.21. The third-order valence-corrected chi connectivity index (χ3v) is 16.7. The minimum absolute atomic E-state index is 0.0787. The summed E-state index contributed by atoms with van der Waals surface area (Å²) in [6.45, 7) is 18.7. The Morgan fingerprint density at radius 2 is 1.08 bits per heavy atom. The van der Waals surface area contributed by atoms with Gasteiger partial charge in [-0.05, 0) is 116 Å². The van der Waals surface area contributed by atoms with Crippen LogP contribution in [0.4, 0.5) is 9.59 Å². The summed E-state index contributed by atoms with van der Waals surface area (Å²) in [5, 5.41) is 21.5. The predicted octanol–water partition coefficient (Wildman–Crippen LogP) is 14.6. The summed E-state index contributed by atoms with van der Waals surface area (Å²) in [4.78, 5) is 68.3. The SMILES string of the molecule is C1CCOC1.C=C1C=CC(=O)N1.CCC(C)(C)C.CCOC(=O)N=NC(=O)OCC.O=C1C=CC(=O)N1CCc1ccc(-c2ccc(-c3cccs3)s2)s1.OCCc1ccc(-c2ccc(-c3cccs3)s2)s1. The number of carbonyl (C=O) groups is 5. The molecule has 3 aliphatic rings. The van der Waals surface area contributed by atoms with Crippen molar-refractivity contribution in [3.05, 3.63) is 130 Å². The fourth-order valence-corrected chi connectivity index (χ4v) is 11.5. The summed E-state index contributed by atoms with van der Waals surface area (Å²) in [5.41, 5.74) is 1.21. The molecule has 6 aromatic rings. The average molecular weight is 1090 g/mol. The van der Waals surface area contributed by atoms with E-state index in [2.05, 4.69) is 143 Å². The van der Waals surface area contributed by atoms with Gasteiger partial charge in [-0.15, -0.1) is 68.0 Å². The van der Waals surface area contributed by atoms with Gasteiger partial charge >= 0.3 is 12.2 Å².